The predicted molar refractivity (Wildman–Crippen MR) is 71.4 cm³/mol. The van der Waals surface area contributed by atoms with Crippen LogP contribution in [0.2, 0.25) is 0 Å². The van der Waals surface area contributed by atoms with Crippen LogP contribution in [0.5, 0.6) is 0 Å². The van der Waals surface area contributed by atoms with Gasteiger partial charge >= 0.3 is 0 Å². The fourth-order valence-corrected chi connectivity index (χ4v) is 2.51. The Morgan fingerprint density at radius 1 is 1.33 bits per heavy atom. The lowest BCUT2D eigenvalue weighted by molar-refractivity contribution is 0.259. The van der Waals surface area contributed by atoms with Crippen LogP contribution in [0.4, 0.5) is 4.79 Å². The second-order valence-corrected chi connectivity index (χ2v) is 6.02. The molecule has 0 saturated carbocycles. The molecule has 1 aromatic carbocycles. The number of carbonyl (C=O) groups excluding carboxylic acids is 1. The Labute approximate surface area is 110 Å². The number of rotatable bonds is 2. The van der Waals surface area contributed by atoms with Gasteiger partial charge in [0.15, 0.2) is 0 Å². The van der Waals surface area contributed by atoms with Crippen LogP contribution in [0.25, 0.3) is 0 Å². The van der Waals surface area contributed by atoms with Crippen LogP contribution in [0.3, 0.4) is 0 Å². The van der Waals surface area contributed by atoms with Gasteiger partial charge in [0.2, 0.25) is 0 Å². The Balaban J connectivity index is 2.65. The molecule has 0 radical (unpaired) electrons. The van der Waals surface area contributed by atoms with Crippen molar-refractivity contribution in [3.8, 4) is 0 Å². The zero-order valence-electron chi connectivity index (χ0n) is 8.38. The van der Waals surface area contributed by atoms with Gasteiger partial charge in [-0.15, -0.1) is 0 Å². The number of halogens is 2. The number of nitrogens with one attached hydrogen (secondary N) is 1. The Kier molecular flexibility index (Phi) is 5.15. The molecule has 0 fully saturated rings. The molecule has 0 atom stereocenters. The van der Waals surface area contributed by atoms with E-state index in [4.69, 9.17) is 0 Å². The summed E-state index contributed by atoms with van der Waals surface area (Å²) in [4.78, 5) is 12.4. The quantitative estimate of drug-likeness (QED) is 0.798. The van der Waals surface area contributed by atoms with Crippen LogP contribution in [0.15, 0.2) is 32.0 Å². The second-order valence-electron chi connectivity index (χ2n) is 3.26. The molecule has 1 rings (SSSR count). The Bertz CT molecular complexity index is 368. The summed E-state index contributed by atoms with van der Waals surface area (Å²) in [6.07, 6.45) is 0. The molecule has 0 aliphatic heterocycles. The van der Waals surface area contributed by atoms with Gasteiger partial charge in [-0.3, -0.25) is 4.79 Å². The zero-order valence-corrected chi connectivity index (χ0v) is 12.4. The largest absolute Gasteiger partial charge is 0.345 e. The van der Waals surface area contributed by atoms with Crippen LogP contribution in [0.1, 0.15) is 13.8 Å². The fourth-order valence-electron chi connectivity index (χ4n) is 0.913. The topological polar surface area (TPSA) is 29.1 Å². The second kappa shape index (κ2) is 5.92. The van der Waals surface area contributed by atoms with E-state index >= 15 is 0 Å². The SMILES string of the molecule is CC(C)NC(=O)Sc1ccc(Br)c(Br)c1. The van der Waals surface area contributed by atoms with Gasteiger partial charge in [0.25, 0.3) is 5.24 Å². The normalized spacial score (nSPS) is 10.5. The number of carbonyl (C=O) groups is 1. The molecule has 15 heavy (non-hydrogen) atoms. The maximum absolute atomic E-state index is 11.4. The smallest absolute Gasteiger partial charge is 0.284 e. The summed E-state index contributed by atoms with van der Waals surface area (Å²) >= 11 is 7.97. The molecule has 82 valence electrons. The van der Waals surface area contributed by atoms with Crippen molar-refractivity contribution in [1.82, 2.24) is 5.32 Å². The molecule has 0 unspecified atom stereocenters. The molecular formula is C10H11Br2NOS. The molecule has 1 N–H and O–H groups in total. The van der Waals surface area contributed by atoms with E-state index in [1.165, 1.54) is 11.8 Å². The third-order valence-electron chi connectivity index (χ3n) is 1.51. The van der Waals surface area contributed by atoms with E-state index in [0.29, 0.717) is 0 Å². The van der Waals surface area contributed by atoms with E-state index in [-0.39, 0.29) is 11.3 Å². The highest BCUT2D eigenvalue weighted by Crippen LogP contribution is 2.28. The zero-order chi connectivity index (χ0) is 11.4. The molecule has 5 heteroatoms. The Morgan fingerprint density at radius 2 is 2.00 bits per heavy atom. The number of amides is 1. The van der Waals surface area contributed by atoms with Gasteiger partial charge < -0.3 is 5.32 Å². The maximum Gasteiger partial charge on any atom is 0.284 e. The highest BCUT2D eigenvalue weighted by molar-refractivity contribution is 9.13. The summed E-state index contributed by atoms with van der Waals surface area (Å²) in [5.74, 6) is 0. The molecule has 0 heterocycles. The highest BCUT2D eigenvalue weighted by atomic mass is 79.9. The first-order valence-corrected chi connectivity index (χ1v) is 6.82. The lowest BCUT2D eigenvalue weighted by atomic mass is 10.4. The lowest BCUT2D eigenvalue weighted by Gasteiger charge is -2.07. The van der Waals surface area contributed by atoms with Crippen molar-refractivity contribution in [3.05, 3.63) is 27.1 Å². The average Bonchev–Trinajstić information content (AvgIpc) is 2.10. The van der Waals surface area contributed by atoms with Crippen molar-refractivity contribution in [3.63, 3.8) is 0 Å². The van der Waals surface area contributed by atoms with Gasteiger partial charge in [0.1, 0.15) is 0 Å². The Morgan fingerprint density at radius 3 is 2.53 bits per heavy atom. The average molecular weight is 353 g/mol. The van der Waals surface area contributed by atoms with Crippen molar-refractivity contribution in [2.24, 2.45) is 0 Å². The summed E-state index contributed by atoms with van der Waals surface area (Å²) in [6, 6.07) is 5.90. The monoisotopic (exact) mass is 351 g/mol. The third-order valence-corrected chi connectivity index (χ3v) is 4.18. The maximum atomic E-state index is 11.4. The van der Waals surface area contributed by atoms with E-state index in [0.717, 1.165) is 13.8 Å². The minimum atomic E-state index is -0.0285. The van der Waals surface area contributed by atoms with Gasteiger partial charge in [-0.25, -0.2) is 0 Å². The standard InChI is InChI=1S/C10H11Br2NOS/c1-6(2)13-10(14)15-7-3-4-8(11)9(12)5-7/h3-6H,1-2H3,(H,13,14). The highest BCUT2D eigenvalue weighted by Gasteiger charge is 2.06. The number of hydrogen-bond donors (Lipinski definition) is 1. The minimum Gasteiger partial charge on any atom is -0.345 e. The van der Waals surface area contributed by atoms with Crippen molar-refractivity contribution >= 4 is 48.9 Å². The van der Waals surface area contributed by atoms with E-state index in [1.807, 2.05) is 32.0 Å². The first-order chi connectivity index (χ1) is 6.99. The van der Waals surface area contributed by atoms with E-state index < -0.39 is 0 Å². The number of hydrogen-bond acceptors (Lipinski definition) is 2. The number of benzene rings is 1. The van der Waals surface area contributed by atoms with Gasteiger partial charge in [0, 0.05) is 19.9 Å². The summed E-state index contributed by atoms with van der Waals surface area (Å²) < 4.78 is 1.93. The van der Waals surface area contributed by atoms with Crippen LogP contribution in [0, 0.1) is 0 Å². The molecule has 0 bridgehead atoms. The molecule has 1 amide bonds. The molecule has 0 aliphatic carbocycles. The van der Waals surface area contributed by atoms with Crippen molar-refractivity contribution in [1.29, 1.82) is 0 Å². The first kappa shape index (κ1) is 13.1. The first-order valence-electron chi connectivity index (χ1n) is 4.42. The lowest BCUT2D eigenvalue weighted by Crippen LogP contribution is -2.26. The molecule has 0 spiro atoms. The summed E-state index contributed by atoms with van der Waals surface area (Å²) in [5, 5.41) is 2.79. The van der Waals surface area contributed by atoms with Crippen LogP contribution in [-0.2, 0) is 0 Å². The van der Waals surface area contributed by atoms with Gasteiger partial charge in [0.05, 0.1) is 0 Å². The molecular weight excluding hydrogens is 342 g/mol. The fraction of sp³-hybridized carbons (Fsp3) is 0.300. The molecule has 0 aromatic heterocycles. The third kappa shape index (κ3) is 4.57. The van der Waals surface area contributed by atoms with E-state index in [9.17, 15) is 4.79 Å². The summed E-state index contributed by atoms with van der Waals surface area (Å²) in [5.41, 5.74) is 0. The van der Waals surface area contributed by atoms with E-state index in [2.05, 4.69) is 37.2 Å². The number of thioether (sulfide) groups is 1. The molecule has 0 aliphatic rings. The molecule has 1 aromatic rings. The van der Waals surface area contributed by atoms with Gasteiger partial charge in [-0.1, -0.05) is 0 Å². The van der Waals surface area contributed by atoms with Crippen LogP contribution >= 0.6 is 43.6 Å². The van der Waals surface area contributed by atoms with E-state index in [1.54, 1.807) is 0 Å². The summed E-state index contributed by atoms with van der Waals surface area (Å²) in [7, 11) is 0. The van der Waals surface area contributed by atoms with Crippen LogP contribution in [-0.4, -0.2) is 11.3 Å². The Hall–Kier alpha value is -0.000000000000000111. The van der Waals surface area contributed by atoms with Gasteiger partial charge in [-0.2, -0.15) is 0 Å². The molecule has 0 saturated heterocycles. The van der Waals surface area contributed by atoms with Crippen LogP contribution < -0.4 is 5.32 Å². The van der Waals surface area contributed by atoms with Crippen molar-refractivity contribution in [2.75, 3.05) is 0 Å². The van der Waals surface area contributed by atoms with Crippen molar-refractivity contribution in [2.45, 2.75) is 24.8 Å². The van der Waals surface area contributed by atoms with Crippen molar-refractivity contribution < 1.29 is 4.79 Å². The molecule has 2 nitrogen and oxygen atoms in total. The predicted octanol–water partition coefficient (Wildman–Crippen LogP) is 4.42. The summed E-state index contributed by atoms with van der Waals surface area (Å²) in [6.45, 7) is 3.88. The minimum absolute atomic E-state index is 0.0285. The van der Waals surface area contributed by atoms with Gasteiger partial charge in [-0.05, 0) is 75.7 Å².